The van der Waals surface area contributed by atoms with Gasteiger partial charge in [-0.15, -0.1) is 0 Å². The maximum absolute atomic E-state index is 8.37. The van der Waals surface area contributed by atoms with Crippen LogP contribution in [0.5, 0.6) is 11.5 Å². The normalized spacial score (nSPS) is 10.3. The third-order valence-corrected chi connectivity index (χ3v) is 2.50. The Hall–Kier alpha value is -1.66. The highest BCUT2D eigenvalue weighted by Gasteiger charge is 2.08. The molecule has 0 aliphatic rings. The third kappa shape index (κ3) is 4.68. The summed E-state index contributed by atoms with van der Waals surface area (Å²) in [6.07, 6.45) is 5.05. The predicted octanol–water partition coefficient (Wildman–Crippen LogP) is 3.98. The van der Waals surface area contributed by atoms with Gasteiger partial charge in [0.05, 0.1) is 17.7 Å². The monoisotopic (exact) mass is 265 g/mol. The lowest BCUT2D eigenvalue weighted by atomic mass is 10.3. The largest absolute Gasteiger partial charge is 0.490 e. The van der Waals surface area contributed by atoms with E-state index in [1.807, 2.05) is 18.2 Å². The lowest BCUT2D eigenvalue weighted by molar-refractivity contribution is 0.279. The molecular weight excluding hydrogens is 250 g/mol. The molecule has 1 aromatic rings. The third-order valence-electron chi connectivity index (χ3n) is 2.20. The molecule has 0 radical (unpaired) electrons. The lowest BCUT2D eigenvalue weighted by Crippen LogP contribution is -2.01. The number of unbranched alkanes of at least 4 members (excludes halogenated alkanes) is 1. The van der Waals surface area contributed by atoms with Gasteiger partial charge in [0.1, 0.15) is 6.61 Å². The second-order valence-electron chi connectivity index (χ2n) is 3.61. The molecule has 1 rings (SSSR count). The summed E-state index contributed by atoms with van der Waals surface area (Å²) in [4.78, 5) is 0. The number of benzene rings is 1. The van der Waals surface area contributed by atoms with Gasteiger partial charge in [-0.3, -0.25) is 0 Å². The second kappa shape index (κ2) is 8.43. The van der Waals surface area contributed by atoms with E-state index in [9.17, 15) is 0 Å². The number of nitriles is 1. The molecule has 0 fully saturated rings. The minimum atomic E-state index is 0.293. The molecular formula is C14H16ClNO2. The van der Waals surface area contributed by atoms with E-state index in [0.29, 0.717) is 29.7 Å². The summed E-state index contributed by atoms with van der Waals surface area (Å²) in [7, 11) is 0. The van der Waals surface area contributed by atoms with Gasteiger partial charge in [0.15, 0.2) is 11.5 Å². The molecule has 0 aromatic heterocycles. The highest BCUT2D eigenvalue weighted by atomic mass is 35.5. The van der Waals surface area contributed by atoms with Gasteiger partial charge < -0.3 is 9.47 Å². The number of para-hydroxylation sites is 1. The van der Waals surface area contributed by atoms with Crippen molar-refractivity contribution in [2.45, 2.75) is 19.8 Å². The van der Waals surface area contributed by atoms with E-state index in [2.05, 4.69) is 6.92 Å². The molecule has 1 aromatic carbocycles. The molecule has 96 valence electrons. The van der Waals surface area contributed by atoms with Gasteiger partial charge in [-0.05, 0) is 24.6 Å². The first-order valence-corrected chi connectivity index (χ1v) is 6.26. The van der Waals surface area contributed by atoms with Crippen molar-refractivity contribution in [2.75, 3.05) is 13.2 Å². The Labute approximate surface area is 113 Å². The van der Waals surface area contributed by atoms with Crippen LogP contribution in [0.15, 0.2) is 30.4 Å². The predicted molar refractivity (Wildman–Crippen MR) is 72.1 cm³/mol. The van der Waals surface area contributed by atoms with Crippen LogP contribution in [0.2, 0.25) is 5.02 Å². The lowest BCUT2D eigenvalue weighted by Gasteiger charge is -2.12. The Kier molecular flexibility index (Phi) is 6.75. The summed E-state index contributed by atoms with van der Waals surface area (Å²) in [5, 5.41) is 8.88. The minimum Gasteiger partial charge on any atom is -0.490 e. The number of hydrogen-bond acceptors (Lipinski definition) is 3. The van der Waals surface area contributed by atoms with Crippen molar-refractivity contribution in [3.05, 3.63) is 35.4 Å². The molecule has 0 amide bonds. The molecule has 0 aliphatic heterocycles. The molecule has 18 heavy (non-hydrogen) atoms. The Morgan fingerprint density at radius 1 is 1.39 bits per heavy atom. The molecule has 0 saturated heterocycles. The second-order valence-corrected chi connectivity index (χ2v) is 4.02. The Balaban J connectivity index is 2.68. The zero-order chi connectivity index (χ0) is 13.2. The van der Waals surface area contributed by atoms with Crippen LogP contribution in [-0.2, 0) is 0 Å². The smallest absolute Gasteiger partial charge is 0.180 e. The van der Waals surface area contributed by atoms with Crippen LogP contribution in [-0.4, -0.2) is 13.2 Å². The van der Waals surface area contributed by atoms with Crippen LogP contribution in [0.3, 0.4) is 0 Å². The fraction of sp³-hybridized carbons (Fsp3) is 0.357. The van der Waals surface area contributed by atoms with Gasteiger partial charge in [-0.25, -0.2) is 0 Å². The molecule has 0 saturated carbocycles. The Morgan fingerprint density at radius 3 is 2.94 bits per heavy atom. The number of hydrogen-bond donors (Lipinski definition) is 0. The number of ether oxygens (including phenoxy) is 2. The topological polar surface area (TPSA) is 42.2 Å². The van der Waals surface area contributed by atoms with Crippen molar-refractivity contribution >= 4 is 11.6 Å². The van der Waals surface area contributed by atoms with Gasteiger partial charge in [0, 0.05) is 6.08 Å². The van der Waals surface area contributed by atoms with E-state index in [0.717, 1.165) is 12.8 Å². The summed E-state index contributed by atoms with van der Waals surface area (Å²) in [6, 6.07) is 7.29. The zero-order valence-corrected chi connectivity index (χ0v) is 11.1. The Morgan fingerprint density at radius 2 is 2.22 bits per heavy atom. The van der Waals surface area contributed by atoms with Crippen LogP contribution in [0, 0.1) is 11.3 Å². The first kappa shape index (κ1) is 14.4. The van der Waals surface area contributed by atoms with Crippen LogP contribution >= 0.6 is 11.6 Å². The van der Waals surface area contributed by atoms with Crippen molar-refractivity contribution < 1.29 is 9.47 Å². The van der Waals surface area contributed by atoms with E-state index in [-0.39, 0.29) is 0 Å². The maximum atomic E-state index is 8.37. The van der Waals surface area contributed by atoms with Crippen LogP contribution in [0.4, 0.5) is 0 Å². The molecule has 0 unspecified atom stereocenters. The highest BCUT2D eigenvalue weighted by Crippen LogP contribution is 2.34. The fourth-order valence-corrected chi connectivity index (χ4v) is 1.52. The molecule has 0 atom stereocenters. The number of nitrogens with zero attached hydrogens (tertiary/aromatic N) is 1. The number of rotatable bonds is 7. The van der Waals surface area contributed by atoms with Crippen molar-refractivity contribution in [1.29, 1.82) is 5.26 Å². The van der Waals surface area contributed by atoms with Gasteiger partial charge >= 0.3 is 0 Å². The van der Waals surface area contributed by atoms with Gasteiger partial charge in [-0.2, -0.15) is 5.26 Å². The van der Waals surface area contributed by atoms with Gasteiger partial charge in [0.2, 0.25) is 0 Å². The first-order chi connectivity index (χ1) is 8.79. The highest BCUT2D eigenvalue weighted by molar-refractivity contribution is 6.32. The number of allylic oxidation sites excluding steroid dienone is 1. The molecule has 3 nitrogen and oxygen atoms in total. The van der Waals surface area contributed by atoms with E-state index in [1.54, 1.807) is 12.1 Å². The van der Waals surface area contributed by atoms with E-state index in [1.165, 1.54) is 6.08 Å². The summed E-state index contributed by atoms with van der Waals surface area (Å²) < 4.78 is 11.1. The zero-order valence-electron chi connectivity index (χ0n) is 10.4. The van der Waals surface area contributed by atoms with Gasteiger partial charge in [-0.1, -0.05) is 31.0 Å². The van der Waals surface area contributed by atoms with Crippen molar-refractivity contribution in [2.24, 2.45) is 0 Å². The molecule has 0 aliphatic carbocycles. The van der Waals surface area contributed by atoms with E-state index < -0.39 is 0 Å². The molecule has 0 heterocycles. The summed E-state index contributed by atoms with van der Waals surface area (Å²) in [5.41, 5.74) is 0. The SMILES string of the molecule is CCCCOc1cccc(Cl)c1OC/C=C/C#N. The quantitative estimate of drug-likeness (QED) is 0.553. The fourth-order valence-electron chi connectivity index (χ4n) is 1.30. The Bertz CT molecular complexity index is 438. The summed E-state index contributed by atoms with van der Waals surface area (Å²) in [6.45, 7) is 3.04. The van der Waals surface area contributed by atoms with Crippen molar-refractivity contribution in [3.63, 3.8) is 0 Å². The standard InChI is InChI=1S/C14H16ClNO2/c1-2-3-10-17-13-8-6-7-12(15)14(13)18-11-5-4-9-16/h4-8H,2-3,10-11H2,1H3/b5-4+. The van der Waals surface area contributed by atoms with Crippen molar-refractivity contribution in [3.8, 4) is 17.6 Å². The van der Waals surface area contributed by atoms with E-state index in [4.69, 9.17) is 26.3 Å². The van der Waals surface area contributed by atoms with E-state index >= 15 is 0 Å². The molecule has 4 heteroatoms. The molecule has 0 N–H and O–H groups in total. The average molecular weight is 266 g/mol. The molecule has 0 bridgehead atoms. The molecule has 0 spiro atoms. The van der Waals surface area contributed by atoms with Crippen LogP contribution in [0.1, 0.15) is 19.8 Å². The van der Waals surface area contributed by atoms with Gasteiger partial charge in [0.25, 0.3) is 0 Å². The van der Waals surface area contributed by atoms with Crippen LogP contribution in [0.25, 0.3) is 0 Å². The average Bonchev–Trinajstić information content (AvgIpc) is 2.37. The van der Waals surface area contributed by atoms with Crippen LogP contribution < -0.4 is 9.47 Å². The summed E-state index contributed by atoms with van der Waals surface area (Å²) >= 11 is 6.06. The summed E-state index contributed by atoms with van der Waals surface area (Å²) in [5.74, 6) is 1.17. The minimum absolute atomic E-state index is 0.293. The number of halogens is 1. The first-order valence-electron chi connectivity index (χ1n) is 5.88. The maximum Gasteiger partial charge on any atom is 0.180 e. The van der Waals surface area contributed by atoms with Crippen molar-refractivity contribution in [1.82, 2.24) is 0 Å².